The number of allylic oxidation sites excluding steroid dienone is 1. The van der Waals surface area contributed by atoms with E-state index in [4.69, 9.17) is 0 Å². The highest BCUT2D eigenvalue weighted by Gasteiger charge is 2.09. The van der Waals surface area contributed by atoms with Crippen LogP contribution < -0.4 is 16.2 Å². The average Bonchev–Trinajstić information content (AvgIpc) is 2.63. The summed E-state index contributed by atoms with van der Waals surface area (Å²) in [5.74, 6) is 0. The van der Waals surface area contributed by atoms with E-state index in [1.54, 1.807) is 0 Å². The van der Waals surface area contributed by atoms with Gasteiger partial charge in [0.25, 0.3) is 5.56 Å². The Bertz CT molecular complexity index is 946. The van der Waals surface area contributed by atoms with Crippen LogP contribution in [0.2, 0.25) is 0 Å². The van der Waals surface area contributed by atoms with Crippen LogP contribution in [0.25, 0.3) is 22.0 Å². The molecule has 5 nitrogen and oxygen atoms in total. The Kier molecular flexibility index (Phi) is 5.26. The number of benzene rings is 2. The third kappa shape index (κ3) is 3.95. The summed E-state index contributed by atoms with van der Waals surface area (Å²) in [6.45, 7) is 5.05. The first-order valence-corrected chi connectivity index (χ1v) is 8.36. The molecule has 128 valence electrons. The van der Waals surface area contributed by atoms with Crippen molar-refractivity contribution >= 4 is 16.5 Å². The highest BCUT2D eigenvalue weighted by atomic mass is 16.1. The smallest absolute Gasteiger partial charge is 0.272 e. The van der Waals surface area contributed by atoms with Crippen molar-refractivity contribution in [3.8, 4) is 11.3 Å². The van der Waals surface area contributed by atoms with Gasteiger partial charge >= 0.3 is 0 Å². The van der Waals surface area contributed by atoms with Crippen molar-refractivity contribution < 1.29 is 0 Å². The topological polar surface area (TPSA) is 69.8 Å². The van der Waals surface area contributed by atoms with Gasteiger partial charge in [0.05, 0.1) is 11.1 Å². The van der Waals surface area contributed by atoms with Crippen molar-refractivity contribution in [2.24, 2.45) is 0 Å². The Morgan fingerprint density at radius 3 is 2.76 bits per heavy atom. The van der Waals surface area contributed by atoms with Gasteiger partial charge in [-0.15, -0.1) is 0 Å². The summed E-state index contributed by atoms with van der Waals surface area (Å²) in [5.41, 5.74) is 3.47. The van der Waals surface area contributed by atoms with Crippen molar-refractivity contribution in [2.75, 3.05) is 18.9 Å². The van der Waals surface area contributed by atoms with Crippen LogP contribution >= 0.6 is 0 Å². The minimum Gasteiger partial charge on any atom is -0.359 e. The molecule has 0 radical (unpaired) electrons. The molecular formula is C20H22N4O. The lowest BCUT2D eigenvalue weighted by molar-refractivity contribution is 0.723. The summed E-state index contributed by atoms with van der Waals surface area (Å²) in [6.07, 6.45) is 1.94. The number of nitrogens with zero attached hydrogens (tertiary/aromatic N) is 1. The zero-order chi connectivity index (χ0) is 17.6. The standard InChI is InChI=1S/C20H22N4O/c1-14(7-6-12-21-2)22-16-9-5-8-15(13-16)19-17-10-3-4-11-18(17)20(25)24-23-19/h3-5,8-11,13,21-22H,1,6-7,12H2,2H3,(H,24,25). The van der Waals surface area contributed by atoms with Crippen LogP contribution in [0.4, 0.5) is 5.69 Å². The van der Waals surface area contributed by atoms with E-state index in [1.807, 2.05) is 55.6 Å². The minimum atomic E-state index is -0.174. The molecule has 0 bridgehead atoms. The van der Waals surface area contributed by atoms with E-state index < -0.39 is 0 Å². The zero-order valence-corrected chi connectivity index (χ0v) is 14.3. The summed E-state index contributed by atoms with van der Waals surface area (Å²) in [4.78, 5) is 12.0. The number of hydrogen-bond donors (Lipinski definition) is 3. The van der Waals surface area contributed by atoms with Gasteiger partial charge in [0, 0.05) is 22.3 Å². The predicted octanol–water partition coefficient (Wildman–Crippen LogP) is 3.52. The molecule has 0 fully saturated rings. The number of rotatable bonds is 7. The summed E-state index contributed by atoms with van der Waals surface area (Å²) >= 11 is 0. The second-order valence-corrected chi connectivity index (χ2v) is 5.96. The monoisotopic (exact) mass is 334 g/mol. The Hall–Kier alpha value is -2.92. The number of H-pyrrole nitrogens is 1. The van der Waals surface area contributed by atoms with Crippen molar-refractivity contribution in [1.82, 2.24) is 15.5 Å². The second-order valence-electron chi connectivity index (χ2n) is 5.96. The maximum absolute atomic E-state index is 12.0. The molecule has 3 rings (SSSR count). The van der Waals surface area contributed by atoms with Crippen LogP contribution in [-0.2, 0) is 0 Å². The van der Waals surface area contributed by atoms with Gasteiger partial charge < -0.3 is 10.6 Å². The molecule has 3 N–H and O–H groups in total. The van der Waals surface area contributed by atoms with Gasteiger partial charge in [-0.05, 0) is 44.6 Å². The molecule has 3 aromatic rings. The molecule has 0 saturated carbocycles. The van der Waals surface area contributed by atoms with Gasteiger partial charge in [-0.1, -0.05) is 36.9 Å². The van der Waals surface area contributed by atoms with Crippen LogP contribution in [-0.4, -0.2) is 23.8 Å². The summed E-state index contributed by atoms with van der Waals surface area (Å²) in [7, 11) is 1.95. The molecule has 1 aromatic heterocycles. The van der Waals surface area contributed by atoms with Crippen LogP contribution in [0.1, 0.15) is 12.8 Å². The number of nitrogens with one attached hydrogen (secondary N) is 3. The number of anilines is 1. The Morgan fingerprint density at radius 2 is 1.96 bits per heavy atom. The van der Waals surface area contributed by atoms with Crippen LogP contribution in [0.5, 0.6) is 0 Å². The summed E-state index contributed by atoms with van der Waals surface area (Å²) in [6, 6.07) is 15.5. The number of aromatic amines is 1. The Balaban J connectivity index is 1.89. The SMILES string of the molecule is C=C(CCCNC)Nc1cccc(-c2n[nH]c(=O)c3ccccc23)c1. The molecular weight excluding hydrogens is 312 g/mol. The van der Waals surface area contributed by atoms with E-state index in [0.717, 1.165) is 47.4 Å². The molecule has 2 aromatic carbocycles. The fourth-order valence-corrected chi connectivity index (χ4v) is 2.82. The average molecular weight is 334 g/mol. The molecule has 0 aliphatic rings. The molecule has 0 aliphatic carbocycles. The first-order chi connectivity index (χ1) is 12.2. The fourth-order valence-electron chi connectivity index (χ4n) is 2.82. The first-order valence-electron chi connectivity index (χ1n) is 8.36. The molecule has 0 saturated heterocycles. The second kappa shape index (κ2) is 7.77. The largest absolute Gasteiger partial charge is 0.359 e. The molecule has 0 aliphatic heterocycles. The van der Waals surface area contributed by atoms with E-state index in [1.165, 1.54) is 0 Å². The maximum Gasteiger partial charge on any atom is 0.272 e. The molecule has 1 heterocycles. The van der Waals surface area contributed by atoms with Gasteiger partial charge in [-0.3, -0.25) is 4.79 Å². The number of hydrogen-bond acceptors (Lipinski definition) is 4. The van der Waals surface area contributed by atoms with Gasteiger partial charge in [0.15, 0.2) is 0 Å². The molecule has 5 heteroatoms. The molecule has 25 heavy (non-hydrogen) atoms. The van der Waals surface area contributed by atoms with E-state index in [0.29, 0.717) is 5.39 Å². The minimum absolute atomic E-state index is 0.174. The van der Waals surface area contributed by atoms with Crippen LogP contribution in [0.15, 0.2) is 65.6 Å². The van der Waals surface area contributed by atoms with Gasteiger partial charge in [0.1, 0.15) is 0 Å². The highest BCUT2D eigenvalue weighted by Crippen LogP contribution is 2.26. The summed E-state index contributed by atoms with van der Waals surface area (Å²) in [5, 5.41) is 14.8. The maximum atomic E-state index is 12.0. The Morgan fingerprint density at radius 1 is 1.16 bits per heavy atom. The highest BCUT2D eigenvalue weighted by molar-refractivity contribution is 5.94. The lowest BCUT2D eigenvalue weighted by atomic mass is 10.0. The molecule has 0 atom stereocenters. The lowest BCUT2D eigenvalue weighted by Crippen LogP contribution is -2.09. The third-order valence-electron chi connectivity index (χ3n) is 4.06. The first kappa shape index (κ1) is 16.9. The van der Waals surface area contributed by atoms with Crippen molar-refractivity contribution in [3.05, 3.63) is 71.2 Å². The fraction of sp³-hybridized carbons (Fsp3) is 0.200. The number of aromatic nitrogens is 2. The Labute approximate surface area is 146 Å². The molecule has 0 amide bonds. The van der Waals surface area contributed by atoms with Gasteiger partial charge in [0.2, 0.25) is 0 Å². The lowest BCUT2D eigenvalue weighted by Gasteiger charge is -2.11. The van der Waals surface area contributed by atoms with E-state index in [-0.39, 0.29) is 5.56 Å². The normalized spacial score (nSPS) is 10.8. The van der Waals surface area contributed by atoms with Crippen LogP contribution in [0, 0.1) is 0 Å². The van der Waals surface area contributed by atoms with Gasteiger partial charge in [-0.2, -0.15) is 5.10 Å². The van der Waals surface area contributed by atoms with E-state index in [2.05, 4.69) is 27.4 Å². The number of fused-ring (bicyclic) bond motifs is 1. The predicted molar refractivity (Wildman–Crippen MR) is 104 cm³/mol. The summed E-state index contributed by atoms with van der Waals surface area (Å²) < 4.78 is 0. The van der Waals surface area contributed by atoms with E-state index in [9.17, 15) is 4.79 Å². The van der Waals surface area contributed by atoms with Crippen LogP contribution in [0.3, 0.4) is 0 Å². The van der Waals surface area contributed by atoms with Crippen molar-refractivity contribution in [2.45, 2.75) is 12.8 Å². The van der Waals surface area contributed by atoms with Crippen molar-refractivity contribution in [1.29, 1.82) is 0 Å². The van der Waals surface area contributed by atoms with Crippen molar-refractivity contribution in [3.63, 3.8) is 0 Å². The van der Waals surface area contributed by atoms with Gasteiger partial charge in [-0.25, -0.2) is 5.10 Å². The quantitative estimate of drug-likeness (QED) is 0.578. The zero-order valence-electron chi connectivity index (χ0n) is 14.3. The molecule has 0 unspecified atom stereocenters. The molecule has 0 spiro atoms. The van der Waals surface area contributed by atoms with E-state index >= 15 is 0 Å². The third-order valence-corrected chi connectivity index (χ3v) is 4.06.